The van der Waals surface area contributed by atoms with Gasteiger partial charge in [-0.25, -0.2) is 4.39 Å². The summed E-state index contributed by atoms with van der Waals surface area (Å²) < 4.78 is 24.0. The highest BCUT2D eigenvalue weighted by molar-refractivity contribution is 7.80. The highest BCUT2D eigenvalue weighted by Crippen LogP contribution is 2.14. The fourth-order valence-electron chi connectivity index (χ4n) is 1.37. The zero-order valence-electron chi connectivity index (χ0n) is 9.74. The van der Waals surface area contributed by atoms with Crippen molar-refractivity contribution in [3.05, 3.63) is 35.1 Å². The Balaban J connectivity index is 2.54. The van der Waals surface area contributed by atoms with E-state index in [4.69, 9.17) is 27.4 Å². The molecule has 0 saturated heterocycles. The normalized spacial score (nSPS) is 10.5. The smallest absolute Gasteiger partial charge is 0.138 e. The van der Waals surface area contributed by atoms with Crippen molar-refractivity contribution >= 4 is 17.2 Å². The lowest BCUT2D eigenvalue weighted by molar-refractivity contribution is 0.0912. The number of halogens is 1. The predicted octanol–water partition coefficient (Wildman–Crippen LogP) is 2.01. The Morgan fingerprint density at radius 2 is 2.18 bits per heavy atom. The van der Waals surface area contributed by atoms with Crippen LogP contribution in [0.3, 0.4) is 0 Å². The van der Waals surface area contributed by atoms with Crippen LogP contribution in [0.4, 0.5) is 4.39 Å². The van der Waals surface area contributed by atoms with Crippen LogP contribution in [0, 0.1) is 5.82 Å². The standard InChI is InChI=1S/C12H16FNO2S/c1-15-6-3-7-16-8-9-4-2-5-10(11(9)13)12(14)17/h2,4-5H,3,6-8H2,1H3,(H2,14,17). The van der Waals surface area contributed by atoms with Gasteiger partial charge in [-0.3, -0.25) is 0 Å². The molecule has 0 fully saturated rings. The van der Waals surface area contributed by atoms with E-state index in [9.17, 15) is 4.39 Å². The maximum atomic E-state index is 13.8. The quantitative estimate of drug-likeness (QED) is 0.599. The van der Waals surface area contributed by atoms with Crippen LogP contribution < -0.4 is 5.73 Å². The molecule has 0 spiro atoms. The van der Waals surface area contributed by atoms with Gasteiger partial charge < -0.3 is 15.2 Å². The molecule has 0 amide bonds. The van der Waals surface area contributed by atoms with Crippen molar-refractivity contribution in [1.82, 2.24) is 0 Å². The Morgan fingerprint density at radius 3 is 2.82 bits per heavy atom. The first-order valence-electron chi connectivity index (χ1n) is 5.30. The molecule has 2 N–H and O–H groups in total. The van der Waals surface area contributed by atoms with E-state index in [0.29, 0.717) is 18.8 Å². The minimum atomic E-state index is -0.397. The van der Waals surface area contributed by atoms with Crippen molar-refractivity contribution in [2.24, 2.45) is 5.73 Å². The molecule has 0 aliphatic rings. The average molecular weight is 257 g/mol. The van der Waals surface area contributed by atoms with Gasteiger partial charge in [0, 0.05) is 31.5 Å². The maximum absolute atomic E-state index is 13.8. The first-order valence-corrected chi connectivity index (χ1v) is 5.71. The number of thiocarbonyl (C=S) groups is 1. The molecule has 1 aromatic carbocycles. The number of hydrogen-bond donors (Lipinski definition) is 1. The number of methoxy groups -OCH3 is 1. The fourth-order valence-corrected chi connectivity index (χ4v) is 1.53. The zero-order valence-corrected chi connectivity index (χ0v) is 10.6. The second-order valence-electron chi connectivity index (χ2n) is 3.54. The van der Waals surface area contributed by atoms with Crippen LogP contribution in [0.15, 0.2) is 18.2 Å². The topological polar surface area (TPSA) is 44.5 Å². The number of ether oxygens (including phenoxy) is 2. The molecule has 5 heteroatoms. The molecular weight excluding hydrogens is 241 g/mol. The van der Waals surface area contributed by atoms with Gasteiger partial charge in [-0.15, -0.1) is 0 Å². The van der Waals surface area contributed by atoms with Crippen LogP contribution in [0.1, 0.15) is 17.5 Å². The van der Waals surface area contributed by atoms with Gasteiger partial charge in [0.05, 0.1) is 6.61 Å². The first-order chi connectivity index (χ1) is 8.16. The minimum absolute atomic E-state index is 0.0590. The molecule has 0 heterocycles. The summed E-state index contributed by atoms with van der Waals surface area (Å²) in [6.45, 7) is 1.38. The summed E-state index contributed by atoms with van der Waals surface area (Å²) in [7, 11) is 1.63. The summed E-state index contributed by atoms with van der Waals surface area (Å²) in [6, 6.07) is 4.94. The third kappa shape index (κ3) is 4.38. The molecule has 0 saturated carbocycles. The SMILES string of the molecule is COCCCOCc1cccc(C(N)=S)c1F. The largest absolute Gasteiger partial charge is 0.389 e. The number of rotatable bonds is 7. The molecular formula is C12H16FNO2S. The molecule has 3 nitrogen and oxygen atoms in total. The van der Waals surface area contributed by atoms with Crippen LogP contribution in [0.2, 0.25) is 0 Å². The van der Waals surface area contributed by atoms with Crippen LogP contribution in [-0.4, -0.2) is 25.3 Å². The zero-order chi connectivity index (χ0) is 12.7. The van der Waals surface area contributed by atoms with E-state index in [1.807, 2.05) is 0 Å². The van der Waals surface area contributed by atoms with Crippen molar-refractivity contribution in [1.29, 1.82) is 0 Å². The number of benzene rings is 1. The van der Waals surface area contributed by atoms with Gasteiger partial charge >= 0.3 is 0 Å². The molecule has 94 valence electrons. The van der Waals surface area contributed by atoms with E-state index in [1.54, 1.807) is 25.3 Å². The predicted molar refractivity (Wildman–Crippen MR) is 68.4 cm³/mol. The van der Waals surface area contributed by atoms with E-state index >= 15 is 0 Å². The highest BCUT2D eigenvalue weighted by atomic mass is 32.1. The lowest BCUT2D eigenvalue weighted by Crippen LogP contribution is -2.13. The average Bonchev–Trinajstić information content (AvgIpc) is 2.30. The van der Waals surface area contributed by atoms with Crippen molar-refractivity contribution in [2.45, 2.75) is 13.0 Å². The van der Waals surface area contributed by atoms with Crippen molar-refractivity contribution in [2.75, 3.05) is 20.3 Å². The summed E-state index contributed by atoms with van der Waals surface area (Å²) >= 11 is 4.76. The Kier molecular flexibility index (Phi) is 6.04. The highest BCUT2D eigenvalue weighted by Gasteiger charge is 2.09. The van der Waals surface area contributed by atoms with E-state index in [1.165, 1.54) is 0 Å². The van der Waals surface area contributed by atoms with E-state index in [2.05, 4.69) is 0 Å². The Hall–Kier alpha value is -1.04. The number of hydrogen-bond acceptors (Lipinski definition) is 3. The second-order valence-corrected chi connectivity index (χ2v) is 3.98. The Bertz CT molecular complexity index is 385. The van der Waals surface area contributed by atoms with Gasteiger partial charge in [0.2, 0.25) is 0 Å². The minimum Gasteiger partial charge on any atom is -0.389 e. The molecule has 0 aromatic heterocycles. The van der Waals surface area contributed by atoms with Crippen LogP contribution in [0.5, 0.6) is 0 Å². The maximum Gasteiger partial charge on any atom is 0.138 e. The summed E-state index contributed by atoms with van der Waals surface area (Å²) in [5.41, 5.74) is 6.14. The third-order valence-corrected chi connectivity index (χ3v) is 2.46. The Labute approximate surface area is 106 Å². The molecule has 17 heavy (non-hydrogen) atoms. The molecule has 0 atom stereocenters. The molecule has 1 rings (SSSR count). The van der Waals surface area contributed by atoms with Crippen molar-refractivity contribution < 1.29 is 13.9 Å². The fraction of sp³-hybridized carbons (Fsp3) is 0.417. The number of nitrogens with two attached hydrogens (primary N) is 1. The monoisotopic (exact) mass is 257 g/mol. The first kappa shape index (κ1) is 14.0. The van der Waals surface area contributed by atoms with Crippen LogP contribution >= 0.6 is 12.2 Å². The van der Waals surface area contributed by atoms with Crippen molar-refractivity contribution in [3.8, 4) is 0 Å². The van der Waals surface area contributed by atoms with Gasteiger partial charge in [0.25, 0.3) is 0 Å². The van der Waals surface area contributed by atoms with Crippen molar-refractivity contribution in [3.63, 3.8) is 0 Å². The van der Waals surface area contributed by atoms with Gasteiger partial charge in [0.15, 0.2) is 0 Å². The van der Waals surface area contributed by atoms with Crippen LogP contribution in [-0.2, 0) is 16.1 Å². The molecule has 0 aliphatic carbocycles. The molecule has 1 aromatic rings. The lowest BCUT2D eigenvalue weighted by Gasteiger charge is -2.08. The van der Waals surface area contributed by atoms with Crippen LogP contribution in [0.25, 0.3) is 0 Å². The lowest BCUT2D eigenvalue weighted by atomic mass is 10.1. The van der Waals surface area contributed by atoms with E-state index in [0.717, 1.165) is 6.42 Å². The van der Waals surface area contributed by atoms with Gasteiger partial charge in [-0.05, 0) is 12.5 Å². The molecule has 0 bridgehead atoms. The summed E-state index contributed by atoms with van der Waals surface area (Å²) in [5.74, 6) is -0.397. The summed E-state index contributed by atoms with van der Waals surface area (Å²) in [5, 5.41) is 0. The Morgan fingerprint density at radius 1 is 1.41 bits per heavy atom. The van der Waals surface area contributed by atoms with Gasteiger partial charge in [-0.1, -0.05) is 24.4 Å². The van der Waals surface area contributed by atoms with E-state index in [-0.39, 0.29) is 17.2 Å². The third-order valence-electron chi connectivity index (χ3n) is 2.24. The van der Waals surface area contributed by atoms with E-state index < -0.39 is 5.82 Å². The molecule has 0 unspecified atom stereocenters. The van der Waals surface area contributed by atoms with Gasteiger partial charge in [-0.2, -0.15) is 0 Å². The molecule has 0 radical (unpaired) electrons. The summed E-state index contributed by atoms with van der Waals surface area (Å²) in [6.07, 6.45) is 0.785. The van der Waals surface area contributed by atoms with Gasteiger partial charge in [0.1, 0.15) is 10.8 Å². The second kappa shape index (κ2) is 7.32. The molecule has 0 aliphatic heterocycles. The summed E-state index contributed by atoms with van der Waals surface area (Å²) in [4.78, 5) is 0.0590.